The van der Waals surface area contributed by atoms with E-state index in [1.807, 2.05) is 69.7 Å². The van der Waals surface area contributed by atoms with Crippen LogP contribution >= 0.6 is 11.6 Å². The molecule has 8 aromatic rings. The van der Waals surface area contributed by atoms with Gasteiger partial charge in [0, 0.05) is 90.4 Å². The minimum atomic E-state index is -0.110. The number of amides is 2. The molecule has 0 spiro atoms. The molecule has 0 radical (unpaired) electrons. The number of imidazole rings is 1. The van der Waals surface area contributed by atoms with E-state index >= 15 is 0 Å². The molecule has 8 rings (SSSR count). The van der Waals surface area contributed by atoms with Crippen molar-refractivity contribution in [3.63, 3.8) is 0 Å². The first-order chi connectivity index (χ1) is 34.5. The smallest absolute Gasteiger partial charge is 0.300 e. The Hall–Kier alpha value is -7.55. The van der Waals surface area contributed by atoms with Gasteiger partial charge in [0.1, 0.15) is 23.0 Å². The van der Waals surface area contributed by atoms with E-state index in [0.717, 1.165) is 118 Å². The third-order valence-corrected chi connectivity index (χ3v) is 12.7. The van der Waals surface area contributed by atoms with E-state index in [0.29, 0.717) is 59.7 Å². The maximum Gasteiger partial charge on any atom is 0.300 e. The van der Waals surface area contributed by atoms with Crippen molar-refractivity contribution in [2.45, 2.75) is 71.6 Å². The van der Waals surface area contributed by atoms with Gasteiger partial charge in [-0.25, -0.2) is 4.98 Å². The highest BCUT2D eigenvalue weighted by Crippen LogP contribution is 2.37. The number of ether oxygens (including phenoxy) is 1. The fraction of sp³-hybridized carbons (Fsp3) is 0.286. The highest BCUT2D eigenvalue weighted by molar-refractivity contribution is 6.34. The van der Waals surface area contributed by atoms with E-state index in [4.69, 9.17) is 22.1 Å². The summed E-state index contributed by atoms with van der Waals surface area (Å²) in [6, 6.07) is 28.4. The molecule has 0 saturated heterocycles. The maximum absolute atomic E-state index is 13.0. The van der Waals surface area contributed by atoms with Gasteiger partial charge in [0.2, 0.25) is 5.91 Å². The molecule has 0 atom stereocenters. The van der Waals surface area contributed by atoms with Crippen molar-refractivity contribution in [2.75, 3.05) is 32.4 Å². The Morgan fingerprint density at radius 2 is 1.54 bits per heavy atom. The number of pyridine rings is 2. The largest absolute Gasteiger partial charge is 0.508 e. The summed E-state index contributed by atoms with van der Waals surface area (Å²) >= 11 is 6.71. The van der Waals surface area contributed by atoms with Gasteiger partial charge in [-0.1, -0.05) is 81.0 Å². The number of phenolic OH excluding ortho intramolecular Hbond substituents is 1. The quantitative estimate of drug-likeness (QED) is 0.0297. The van der Waals surface area contributed by atoms with Crippen molar-refractivity contribution in [1.29, 1.82) is 0 Å². The number of carbonyl (C=O) groups excluding carboxylic acids is 3. The number of nitrogens with zero attached hydrogens (tertiary/aromatic N) is 4. The minimum absolute atomic E-state index is 0.110. The Balaban J connectivity index is 0.000000258. The van der Waals surface area contributed by atoms with E-state index in [2.05, 4.69) is 71.6 Å². The first-order valence-corrected chi connectivity index (χ1v) is 24.5. The molecule has 4 aromatic heterocycles. The molecule has 0 saturated carbocycles. The van der Waals surface area contributed by atoms with Crippen molar-refractivity contribution in [3.8, 4) is 50.9 Å². The second-order valence-electron chi connectivity index (χ2n) is 17.5. The summed E-state index contributed by atoms with van der Waals surface area (Å²) in [7, 11) is 3.88. The van der Waals surface area contributed by atoms with E-state index < -0.39 is 0 Å². The summed E-state index contributed by atoms with van der Waals surface area (Å²) in [5.41, 5.74) is 17.2. The van der Waals surface area contributed by atoms with Crippen LogP contribution in [0.15, 0.2) is 110 Å². The molecule has 7 N–H and O–H groups in total. The minimum Gasteiger partial charge on any atom is -0.508 e. The van der Waals surface area contributed by atoms with Crippen LogP contribution < -0.4 is 26.4 Å². The number of nitrogen functional groups attached to an aromatic ring is 1. The molecule has 4 heterocycles. The fourth-order valence-corrected chi connectivity index (χ4v) is 8.77. The van der Waals surface area contributed by atoms with Crippen molar-refractivity contribution in [3.05, 3.63) is 137 Å². The standard InChI is InChI=1S/C37H45ClN6O3.C19H17N3O2/c1-25-11-13-28(22-29(25)36(46)41-18-10-8-6-4-5-7-9-17-40-35(45)15-19-39-2)47-37-42-32-23-30(31(38)24-33(32)43-37)26-12-14-34-27(21-26)16-20-44(34)3;1-2-16-17(13-3-6-14(11-23)21-9-13)10-22-19(20)18(16)12-4-7-15(24)8-5-12/h11-14,16,20-24,39H,4-10,15,17-19H2,1-3H3,(H,40,45)(H,41,46)(H,42,43);3-11,24H,2H2,1H3,(H2,20,22). The number of anilines is 1. The number of hydrogen-bond acceptors (Lipinski definition) is 10. The number of nitrogens with two attached hydrogens (primary N) is 1. The molecule has 0 fully saturated rings. The lowest BCUT2D eigenvalue weighted by Gasteiger charge is -2.16. The van der Waals surface area contributed by atoms with Gasteiger partial charge >= 0.3 is 0 Å². The summed E-state index contributed by atoms with van der Waals surface area (Å²) in [4.78, 5) is 51.7. The van der Waals surface area contributed by atoms with Gasteiger partial charge in [0.05, 0.1) is 16.1 Å². The lowest BCUT2D eigenvalue weighted by molar-refractivity contribution is -0.121. The summed E-state index contributed by atoms with van der Waals surface area (Å²) in [5.74, 6) is 1.17. The van der Waals surface area contributed by atoms with Gasteiger partial charge in [-0.3, -0.25) is 19.4 Å². The molecule has 15 heteroatoms. The third-order valence-electron chi connectivity index (χ3n) is 12.4. The zero-order valence-electron chi connectivity index (χ0n) is 40.8. The number of nitrogens with one attached hydrogen (secondary N) is 4. The molecule has 0 unspecified atom stereocenters. The Bertz CT molecular complexity index is 3090. The topological polar surface area (TPSA) is 202 Å². The Morgan fingerprint density at radius 3 is 2.24 bits per heavy atom. The summed E-state index contributed by atoms with van der Waals surface area (Å²) in [5, 5.41) is 20.3. The Kier molecular flexibility index (Phi) is 17.9. The number of H-pyrrole nitrogens is 1. The van der Waals surface area contributed by atoms with Gasteiger partial charge in [0.15, 0.2) is 6.29 Å². The Labute approximate surface area is 419 Å². The zero-order chi connectivity index (χ0) is 50.3. The van der Waals surface area contributed by atoms with Crippen LogP contribution in [-0.2, 0) is 18.3 Å². The first-order valence-electron chi connectivity index (χ1n) is 24.2. The van der Waals surface area contributed by atoms with E-state index in [1.54, 1.807) is 36.7 Å². The van der Waals surface area contributed by atoms with Crippen molar-refractivity contribution < 1.29 is 24.2 Å². The number of hydrogen-bond donors (Lipinski definition) is 6. The molecule has 4 aromatic carbocycles. The summed E-state index contributed by atoms with van der Waals surface area (Å²) in [6.45, 7) is 6.06. The molecule has 71 heavy (non-hydrogen) atoms. The van der Waals surface area contributed by atoms with Crippen LogP contribution in [0.1, 0.15) is 90.3 Å². The highest BCUT2D eigenvalue weighted by atomic mass is 35.5. The number of unbranched alkanes of at least 4 members (excludes halogenated alkanes) is 6. The predicted molar refractivity (Wildman–Crippen MR) is 284 cm³/mol. The lowest BCUT2D eigenvalue weighted by atomic mass is 9.92. The molecule has 0 bridgehead atoms. The van der Waals surface area contributed by atoms with Gasteiger partial charge in [-0.2, -0.15) is 4.98 Å². The van der Waals surface area contributed by atoms with Crippen molar-refractivity contribution in [2.24, 2.45) is 7.05 Å². The number of phenols is 1. The molecule has 368 valence electrons. The number of aryl methyl sites for hydroxylation is 2. The van der Waals surface area contributed by atoms with Crippen LogP contribution in [0.4, 0.5) is 5.82 Å². The normalized spacial score (nSPS) is 11.1. The highest BCUT2D eigenvalue weighted by Gasteiger charge is 2.17. The van der Waals surface area contributed by atoms with Crippen molar-refractivity contribution >= 4 is 57.5 Å². The molecular formula is C56H62ClN9O5. The number of halogens is 1. The van der Waals surface area contributed by atoms with Crippen LogP contribution in [-0.4, -0.2) is 74.4 Å². The number of aldehydes is 1. The van der Waals surface area contributed by atoms with Crippen LogP contribution in [0, 0.1) is 6.92 Å². The average Bonchev–Trinajstić information content (AvgIpc) is 3.96. The monoisotopic (exact) mass is 975 g/mol. The van der Waals surface area contributed by atoms with Gasteiger partial charge in [-0.15, -0.1) is 0 Å². The molecule has 0 aliphatic heterocycles. The van der Waals surface area contributed by atoms with Gasteiger partial charge in [0.25, 0.3) is 11.9 Å². The lowest BCUT2D eigenvalue weighted by Crippen LogP contribution is -2.27. The number of aromatic amines is 1. The fourth-order valence-electron chi connectivity index (χ4n) is 8.50. The van der Waals surface area contributed by atoms with E-state index in [-0.39, 0.29) is 17.6 Å². The molecule has 14 nitrogen and oxygen atoms in total. The molecular weight excluding hydrogens is 914 g/mol. The Morgan fingerprint density at radius 1 is 0.817 bits per heavy atom. The number of carbonyl (C=O) groups is 3. The number of rotatable bonds is 21. The third kappa shape index (κ3) is 13.4. The predicted octanol–water partition coefficient (Wildman–Crippen LogP) is 11.1. The maximum atomic E-state index is 13.0. The van der Waals surface area contributed by atoms with Crippen LogP contribution in [0.3, 0.4) is 0 Å². The SMILES string of the molecule is CCc1c(-c2ccc(C=O)nc2)cnc(N)c1-c1ccc(O)cc1.CNCCC(=O)NCCCCCCCCCNC(=O)c1cc(Oc2nc3cc(-c4ccc5c(ccn5C)c4)c(Cl)cc3[nH]2)ccc1C. The number of aromatic hydroxyl groups is 1. The zero-order valence-corrected chi connectivity index (χ0v) is 41.5. The second kappa shape index (κ2) is 24.8. The first kappa shape index (κ1) is 51.3. The van der Waals surface area contributed by atoms with Crippen LogP contribution in [0.25, 0.3) is 55.3 Å². The number of benzene rings is 4. The second-order valence-corrected chi connectivity index (χ2v) is 17.9. The van der Waals surface area contributed by atoms with Crippen molar-refractivity contribution in [1.82, 2.24) is 40.5 Å². The number of fused-ring (bicyclic) bond motifs is 2. The number of aromatic nitrogens is 5. The van der Waals surface area contributed by atoms with Crippen LogP contribution in [0.2, 0.25) is 5.02 Å². The van der Waals surface area contributed by atoms with Crippen LogP contribution in [0.5, 0.6) is 17.5 Å². The molecule has 0 aliphatic carbocycles. The summed E-state index contributed by atoms with van der Waals surface area (Å²) in [6.07, 6.45) is 15.0. The molecule has 0 aliphatic rings. The van der Waals surface area contributed by atoms with Gasteiger partial charge < -0.3 is 41.1 Å². The van der Waals surface area contributed by atoms with Gasteiger partial charge in [-0.05, 0) is 116 Å². The average molecular weight is 977 g/mol. The molecule has 2 amide bonds. The van der Waals surface area contributed by atoms with E-state index in [1.165, 1.54) is 6.42 Å². The summed E-state index contributed by atoms with van der Waals surface area (Å²) < 4.78 is 8.16. The van der Waals surface area contributed by atoms with E-state index in [9.17, 15) is 19.5 Å².